The van der Waals surface area contributed by atoms with Gasteiger partial charge in [-0.15, -0.1) is 0 Å². The largest absolute Gasteiger partial charge is 0.390 e. The summed E-state index contributed by atoms with van der Waals surface area (Å²) in [5.41, 5.74) is 1.06. The van der Waals surface area contributed by atoms with Gasteiger partial charge in [0.25, 0.3) is 5.91 Å². The van der Waals surface area contributed by atoms with E-state index in [9.17, 15) is 9.90 Å². The van der Waals surface area contributed by atoms with Gasteiger partial charge in [-0.25, -0.2) is 0 Å². The Morgan fingerprint density at radius 2 is 2.05 bits per heavy atom. The van der Waals surface area contributed by atoms with Gasteiger partial charge in [0.05, 0.1) is 5.60 Å². The Balaban J connectivity index is 1.80. The molecule has 0 radical (unpaired) electrons. The van der Waals surface area contributed by atoms with Gasteiger partial charge in [0.2, 0.25) is 0 Å². The van der Waals surface area contributed by atoms with Gasteiger partial charge < -0.3 is 15.0 Å². The second kappa shape index (κ2) is 4.38. The van der Waals surface area contributed by atoms with E-state index in [0.29, 0.717) is 31.5 Å². The average molecular weight is 258 g/mol. The van der Waals surface area contributed by atoms with Gasteiger partial charge in [0.1, 0.15) is 0 Å². The number of carbonyl (C=O) groups excluding carboxylic acids is 1. The summed E-state index contributed by atoms with van der Waals surface area (Å²) in [4.78, 5) is 17.3. The third-order valence-corrected chi connectivity index (χ3v) is 3.93. The Hall–Kier alpha value is -1.81. The molecule has 0 bridgehead atoms. The van der Waals surface area contributed by atoms with Crippen molar-refractivity contribution in [2.24, 2.45) is 0 Å². The molecule has 0 spiro atoms. The Labute approximate surface area is 112 Å². The maximum Gasteiger partial charge on any atom is 0.253 e. The number of benzene rings is 1. The van der Waals surface area contributed by atoms with E-state index in [-0.39, 0.29) is 5.91 Å². The number of amides is 1. The van der Waals surface area contributed by atoms with E-state index in [1.54, 1.807) is 0 Å². The lowest BCUT2D eigenvalue weighted by Gasteiger charge is -2.35. The number of hydrogen-bond acceptors (Lipinski definition) is 2. The first-order valence-electron chi connectivity index (χ1n) is 6.64. The SMILES string of the molecule is CC1(O)CCN(C(=O)c2ccc3cc[nH]c3c2)CC1. The van der Waals surface area contributed by atoms with E-state index in [4.69, 9.17) is 0 Å². The van der Waals surface area contributed by atoms with Crippen LogP contribution in [0.1, 0.15) is 30.1 Å². The molecule has 2 heterocycles. The first-order chi connectivity index (χ1) is 9.05. The molecule has 3 rings (SSSR count). The van der Waals surface area contributed by atoms with Crippen LogP contribution in [0.5, 0.6) is 0 Å². The predicted molar refractivity (Wildman–Crippen MR) is 74.1 cm³/mol. The Morgan fingerprint density at radius 3 is 2.79 bits per heavy atom. The van der Waals surface area contributed by atoms with Crippen LogP contribution in [0.25, 0.3) is 10.9 Å². The number of aliphatic hydroxyl groups is 1. The first-order valence-corrected chi connectivity index (χ1v) is 6.64. The zero-order valence-electron chi connectivity index (χ0n) is 11.0. The lowest BCUT2D eigenvalue weighted by molar-refractivity contribution is -0.00202. The van der Waals surface area contributed by atoms with E-state index < -0.39 is 5.60 Å². The fourth-order valence-electron chi connectivity index (χ4n) is 2.55. The molecule has 1 aromatic heterocycles. The molecule has 1 aliphatic heterocycles. The van der Waals surface area contributed by atoms with Gasteiger partial charge in [0, 0.05) is 30.4 Å². The lowest BCUT2D eigenvalue weighted by Crippen LogP contribution is -2.45. The second-order valence-corrected chi connectivity index (χ2v) is 5.57. The van der Waals surface area contributed by atoms with Crippen LogP contribution in [0.15, 0.2) is 30.5 Å². The standard InChI is InChI=1S/C15H18N2O2/c1-15(19)5-8-17(9-6-15)14(18)12-3-2-11-4-7-16-13(11)10-12/h2-4,7,10,16,19H,5-6,8-9H2,1H3. The van der Waals surface area contributed by atoms with E-state index in [1.165, 1.54) is 0 Å². The summed E-state index contributed by atoms with van der Waals surface area (Å²) in [7, 11) is 0. The first kappa shape index (κ1) is 12.2. The molecule has 1 aliphatic rings. The van der Waals surface area contributed by atoms with Crippen molar-refractivity contribution < 1.29 is 9.90 Å². The predicted octanol–water partition coefficient (Wildman–Crippen LogP) is 2.15. The van der Waals surface area contributed by atoms with Crippen LogP contribution < -0.4 is 0 Å². The van der Waals surface area contributed by atoms with Crippen LogP contribution in [0.3, 0.4) is 0 Å². The topological polar surface area (TPSA) is 56.3 Å². The number of likely N-dealkylation sites (tertiary alicyclic amines) is 1. The van der Waals surface area contributed by atoms with Gasteiger partial charge in [-0.05, 0) is 43.4 Å². The molecule has 0 unspecified atom stereocenters. The van der Waals surface area contributed by atoms with Crippen molar-refractivity contribution in [3.8, 4) is 0 Å². The average Bonchev–Trinajstić information content (AvgIpc) is 2.85. The number of piperidine rings is 1. The molecule has 1 saturated heterocycles. The second-order valence-electron chi connectivity index (χ2n) is 5.57. The van der Waals surface area contributed by atoms with Gasteiger partial charge in [-0.3, -0.25) is 4.79 Å². The van der Waals surface area contributed by atoms with Crippen molar-refractivity contribution in [1.29, 1.82) is 0 Å². The molecule has 19 heavy (non-hydrogen) atoms. The number of H-pyrrole nitrogens is 1. The molecular formula is C15H18N2O2. The van der Waals surface area contributed by atoms with Crippen molar-refractivity contribution in [1.82, 2.24) is 9.88 Å². The summed E-state index contributed by atoms with van der Waals surface area (Å²) in [5, 5.41) is 11.0. The number of rotatable bonds is 1. The van der Waals surface area contributed by atoms with Crippen molar-refractivity contribution in [3.05, 3.63) is 36.0 Å². The number of nitrogens with one attached hydrogen (secondary N) is 1. The number of carbonyl (C=O) groups is 1. The van der Waals surface area contributed by atoms with Crippen LogP contribution in [0.4, 0.5) is 0 Å². The van der Waals surface area contributed by atoms with Gasteiger partial charge in [0.15, 0.2) is 0 Å². The highest BCUT2D eigenvalue weighted by Gasteiger charge is 2.29. The van der Waals surface area contributed by atoms with Gasteiger partial charge in [-0.1, -0.05) is 6.07 Å². The summed E-state index contributed by atoms with van der Waals surface area (Å²) < 4.78 is 0. The van der Waals surface area contributed by atoms with Crippen molar-refractivity contribution >= 4 is 16.8 Å². The minimum atomic E-state index is -0.625. The highest BCUT2D eigenvalue weighted by Crippen LogP contribution is 2.23. The molecule has 2 aromatic rings. The number of aromatic nitrogens is 1. The summed E-state index contributed by atoms with van der Waals surface area (Å²) in [5.74, 6) is 0.0481. The smallest absolute Gasteiger partial charge is 0.253 e. The summed E-state index contributed by atoms with van der Waals surface area (Å²) in [6.45, 7) is 3.07. The number of aromatic amines is 1. The molecule has 0 aliphatic carbocycles. The maximum absolute atomic E-state index is 12.4. The fourth-order valence-corrected chi connectivity index (χ4v) is 2.55. The third kappa shape index (κ3) is 2.36. The van der Waals surface area contributed by atoms with Crippen LogP contribution >= 0.6 is 0 Å². The molecule has 4 nitrogen and oxygen atoms in total. The highest BCUT2D eigenvalue weighted by molar-refractivity contribution is 5.98. The number of hydrogen-bond donors (Lipinski definition) is 2. The molecule has 1 fully saturated rings. The Kier molecular flexibility index (Phi) is 2.82. The lowest BCUT2D eigenvalue weighted by atomic mass is 9.93. The minimum Gasteiger partial charge on any atom is -0.390 e. The fraction of sp³-hybridized carbons (Fsp3) is 0.400. The summed E-state index contributed by atoms with van der Waals surface area (Å²) in [6, 6.07) is 7.70. The molecule has 0 saturated carbocycles. The zero-order valence-corrected chi connectivity index (χ0v) is 11.0. The quantitative estimate of drug-likeness (QED) is 0.823. The van der Waals surface area contributed by atoms with E-state index in [0.717, 1.165) is 10.9 Å². The van der Waals surface area contributed by atoms with Crippen LogP contribution in [0.2, 0.25) is 0 Å². The Bertz CT molecular complexity index is 605. The third-order valence-electron chi connectivity index (χ3n) is 3.93. The van der Waals surface area contributed by atoms with Gasteiger partial charge in [-0.2, -0.15) is 0 Å². The van der Waals surface area contributed by atoms with E-state index in [1.807, 2.05) is 42.3 Å². The maximum atomic E-state index is 12.4. The van der Waals surface area contributed by atoms with E-state index in [2.05, 4.69) is 4.98 Å². The normalized spacial score (nSPS) is 18.7. The van der Waals surface area contributed by atoms with Crippen LogP contribution in [0, 0.1) is 0 Å². The molecular weight excluding hydrogens is 240 g/mol. The summed E-state index contributed by atoms with van der Waals surface area (Å²) in [6.07, 6.45) is 3.16. The van der Waals surface area contributed by atoms with E-state index >= 15 is 0 Å². The molecule has 1 amide bonds. The Morgan fingerprint density at radius 1 is 1.32 bits per heavy atom. The zero-order chi connectivity index (χ0) is 13.5. The number of fused-ring (bicyclic) bond motifs is 1. The number of nitrogens with zero attached hydrogens (tertiary/aromatic N) is 1. The molecule has 0 atom stereocenters. The van der Waals surface area contributed by atoms with Gasteiger partial charge >= 0.3 is 0 Å². The molecule has 4 heteroatoms. The van der Waals surface area contributed by atoms with Crippen molar-refractivity contribution in [3.63, 3.8) is 0 Å². The van der Waals surface area contributed by atoms with Crippen LogP contribution in [-0.4, -0.2) is 39.6 Å². The molecule has 100 valence electrons. The van der Waals surface area contributed by atoms with Crippen molar-refractivity contribution in [2.75, 3.05) is 13.1 Å². The summed E-state index contributed by atoms with van der Waals surface area (Å²) >= 11 is 0. The minimum absolute atomic E-state index is 0.0481. The van der Waals surface area contributed by atoms with Crippen LogP contribution in [-0.2, 0) is 0 Å². The van der Waals surface area contributed by atoms with Crippen molar-refractivity contribution in [2.45, 2.75) is 25.4 Å². The monoisotopic (exact) mass is 258 g/mol. The molecule has 1 aromatic carbocycles. The highest BCUT2D eigenvalue weighted by atomic mass is 16.3. The molecule has 2 N–H and O–H groups in total.